The highest BCUT2D eigenvalue weighted by atomic mass is 16.4. The first-order chi connectivity index (χ1) is 22.5. The van der Waals surface area contributed by atoms with Gasteiger partial charge in [0.1, 0.15) is 6.04 Å². The number of aromatic nitrogens is 1. The molecule has 7 nitrogen and oxygen atoms in total. The minimum absolute atomic E-state index is 0.0165. The zero-order chi connectivity index (χ0) is 34.5. The van der Waals surface area contributed by atoms with E-state index in [0.29, 0.717) is 5.92 Å². The fraction of sp³-hybridized carbons (Fsp3) is 0.707. The van der Waals surface area contributed by atoms with E-state index in [0.717, 1.165) is 80.7 Å². The van der Waals surface area contributed by atoms with Gasteiger partial charge in [-0.25, -0.2) is 4.79 Å². The Hall–Kier alpha value is -2.64. The molecule has 48 heavy (non-hydrogen) atoms. The predicted octanol–water partition coefficient (Wildman–Crippen LogP) is 7.41. The largest absolute Gasteiger partial charge is 0.480 e. The minimum atomic E-state index is -1.00. The molecular formula is C41H58N2O5. The molecule has 0 saturated heterocycles. The van der Waals surface area contributed by atoms with E-state index in [1.54, 1.807) is 0 Å². The number of hydrogen-bond donors (Lipinski definition) is 5. The second-order valence-corrected chi connectivity index (χ2v) is 18.5. The van der Waals surface area contributed by atoms with E-state index >= 15 is 0 Å². The van der Waals surface area contributed by atoms with E-state index in [1.807, 2.05) is 30.5 Å². The molecule has 5 aliphatic rings. The van der Waals surface area contributed by atoms with E-state index < -0.39 is 28.9 Å². The summed E-state index contributed by atoms with van der Waals surface area (Å²) in [5.41, 5.74) is 2.27. The number of rotatable bonds is 6. The number of hydrogen-bond acceptors (Lipinski definition) is 4. The average Bonchev–Trinajstić information content (AvgIpc) is 3.45. The Balaban J connectivity index is 1.23. The van der Waals surface area contributed by atoms with Crippen LogP contribution < -0.4 is 5.32 Å². The van der Waals surface area contributed by atoms with Crippen molar-refractivity contribution >= 4 is 22.8 Å². The van der Waals surface area contributed by atoms with Crippen molar-refractivity contribution in [2.45, 2.75) is 124 Å². The maximum Gasteiger partial charge on any atom is 0.326 e. The third-order valence-corrected chi connectivity index (χ3v) is 15.9. The van der Waals surface area contributed by atoms with Crippen molar-refractivity contribution in [3.63, 3.8) is 0 Å². The molecule has 1 heterocycles. The Kier molecular flexibility index (Phi) is 7.88. The Labute approximate surface area is 286 Å². The summed E-state index contributed by atoms with van der Waals surface area (Å²) in [5, 5.41) is 36.2. The summed E-state index contributed by atoms with van der Waals surface area (Å²) < 4.78 is 0. The first-order valence-electron chi connectivity index (χ1n) is 18.6. The first kappa shape index (κ1) is 33.8. The van der Waals surface area contributed by atoms with Crippen molar-refractivity contribution < 1.29 is 24.9 Å². The summed E-state index contributed by atoms with van der Waals surface area (Å²) in [6.45, 7) is 14.2. The SMILES string of the molecule is CC1(C)CC[C@]2(C(=O)NC(Cc3c[nH]c4ccccc34)C(=O)O)CC[C@]3(C)C(=CC[C@@H]4[C@@]5(C)CC[C@H](O)[C@@](C)(CO)[C@@H]5CC[C@]43C)[C@@H]2C1. The van der Waals surface area contributed by atoms with Crippen LogP contribution in [0.1, 0.15) is 111 Å². The number of allylic oxidation sites excluding steroid dienone is 2. The Morgan fingerprint density at radius 3 is 2.42 bits per heavy atom. The number of aliphatic hydroxyl groups excluding tert-OH is 2. The maximum atomic E-state index is 14.7. The van der Waals surface area contributed by atoms with Crippen LogP contribution in [0.4, 0.5) is 0 Å². The van der Waals surface area contributed by atoms with Gasteiger partial charge in [0.05, 0.1) is 18.1 Å². The molecule has 1 aromatic carbocycles. The van der Waals surface area contributed by atoms with E-state index in [4.69, 9.17) is 0 Å². The van der Waals surface area contributed by atoms with Crippen LogP contribution in [0.2, 0.25) is 0 Å². The highest BCUT2D eigenvalue weighted by molar-refractivity contribution is 5.90. The molecule has 5 aliphatic carbocycles. The highest BCUT2D eigenvalue weighted by Crippen LogP contribution is 2.75. The molecule has 0 bridgehead atoms. The molecule has 5 N–H and O–H groups in total. The van der Waals surface area contributed by atoms with Gasteiger partial charge in [-0.1, -0.05) is 71.4 Å². The third kappa shape index (κ3) is 4.65. The van der Waals surface area contributed by atoms with Gasteiger partial charge in [-0.05, 0) is 115 Å². The summed E-state index contributed by atoms with van der Waals surface area (Å²) in [5.74, 6) is -0.310. The van der Waals surface area contributed by atoms with Crippen molar-refractivity contribution in [2.24, 2.45) is 50.2 Å². The number of amides is 1. The molecule has 1 unspecified atom stereocenters. The van der Waals surface area contributed by atoms with Gasteiger partial charge in [-0.2, -0.15) is 0 Å². The molecule has 0 aliphatic heterocycles. The minimum Gasteiger partial charge on any atom is -0.480 e. The smallest absolute Gasteiger partial charge is 0.326 e. The lowest BCUT2D eigenvalue weighted by atomic mass is 9.33. The molecule has 7 rings (SSSR count). The molecular weight excluding hydrogens is 600 g/mol. The van der Waals surface area contributed by atoms with Crippen LogP contribution in [0.3, 0.4) is 0 Å². The first-order valence-corrected chi connectivity index (χ1v) is 18.6. The van der Waals surface area contributed by atoms with E-state index in [-0.39, 0.29) is 52.4 Å². The number of para-hydroxylation sites is 1. The van der Waals surface area contributed by atoms with Gasteiger partial charge in [0.2, 0.25) is 5.91 Å². The number of carbonyl (C=O) groups excluding carboxylic acids is 1. The molecule has 2 aromatic rings. The van der Waals surface area contributed by atoms with Gasteiger partial charge in [0.15, 0.2) is 0 Å². The van der Waals surface area contributed by atoms with E-state index in [1.165, 1.54) is 5.57 Å². The Morgan fingerprint density at radius 2 is 1.69 bits per heavy atom. The lowest BCUT2D eigenvalue weighted by Gasteiger charge is -2.71. The van der Waals surface area contributed by atoms with Crippen LogP contribution in [0.5, 0.6) is 0 Å². The summed E-state index contributed by atoms with van der Waals surface area (Å²) in [6, 6.07) is 6.89. The van der Waals surface area contributed by atoms with Crippen LogP contribution in [0.15, 0.2) is 42.1 Å². The van der Waals surface area contributed by atoms with Crippen molar-refractivity contribution in [1.29, 1.82) is 0 Å². The lowest BCUT2D eigenvalue weighted by Crippen LogP contribution is -2.66. The number of carboxylic acids is 1. The standard InChI is InChI=1S/C41H58N2O5/c1-36(2)17-19-41(35(48)43-30(34(46)47)21-25-23-42-29-10-8-7-9-26(25)29)20-18-39(5)27(28(41)22-36)11-12-32-37(3)15-14-33(45)38(4,24-44)31(37)13-16-40(32,39)6/h7-11,23,28,30-33,42,44-45H,12-22,24H2,1-6H3,(H,43,48)(H,46,47)/t28-,30?,31+,32+,33-,37-,38-,39+,40+,41-/m0/s1. The lowest BCUT2D eigenvalue weighted by molar-refractivity contribution is -0.215. The van der Waals surface area contributed by atoms with Crippen LogP contribution in [0, 0.1) is 50.2 Å². The number of carbonyl (C=O) groups is 2. The quantitative estimate of drug-likeness (QED) is 0.207. The van der Waals surface area contributed by atoms with Gasteiger partial charge < -0.3 is 25.6 Å². The Morgan fingerprint density at radius 1 is 0.958 bits per heavy atom. The third-order valence-electron chi connectivity index (χ3n) is 15.9. The van der Waals surface area contributed by atoms with Gasteiger partial charge in [0, 0.05) is 28.9 Å². The number of benzene rings is 1. The van der Waals surface area contributed by atoms with Crippen LogP contribution in [-0.2, 0) is 16.0 Å². The number of aliphatic hydroxyl groups is 2. The van der Waals surface area contributed by atoms with E-state index in [2.05, 4.69) is 57.9 Å². The molecule has 1 aromatic heterocycles. The number of fused-ring (bicyclic) bond motifs is 8. The molecule has 10 atom stereocenters. The molecule has 1 amide bonds. The van der Waals surface area contributed by atoms with Crippen molar-refractivity contribution in [3.8, 4) is 0 Å². The summed E-state index contributed by atoms with van der Waals surface area (Å²) in [7, 11) is 0. The molecule has 0 spiro atoms. The van der Waals surface area contributed by atoms with Crippen LogP contribution in [0.25, 0.3) is 10.9 Å². The molecule has 4 fully saturated rings. The van der Waals surface area contributed by atoms with Gasteiger partial charge >= 0.3 is 5.97 Å². The number of carboxylic acid groups (broad SMARTS) is 1. The van der Waals surface area contributed by atoms with Gasteiger partial charge in [0.25, 0.3) is 0 Å². The molecule has 262 valence electrons. The fourth-order valence-electron chi connectivity index (χ4n) is 12.7. The van der Waals surface area contributed by atoms with E-state index in [9.17, 15) is 24.9 Å². The molecule has 7 heteroatoms. The van der Waals surface area contributed by atoms with Crippen molar-refractivity contribution in [3.05, 3.63) is 47.7 Å². The van der Waals surface area contributed by atoms with Crippen LogP contribution in [-0.4, -0.2) is 50.9 Å². The van der Waals surface area contributed by atoms with Crippen LogP contribution >= 0.6 is 0 Å². The van der Waals surface area contributed by atoms with Crippen molar-refractivity contribution in [1.82, 2.24) is 10.3 Å². The number of aromatic amines is 1. The average molecular weight is 659 g/mol. The fourth-order valence-corrected chi connectivity index (χ4v) is 12.7. The summed E-state index contributed by atoms with van der Waals surface area (Å²) in [4.78, 5) is 30.7. The topological polar surface area (TPSA) is 123 Å². The number of nitrogens with one attached hydrogen (secondary N) is 2. The van der Waals surface area contributed by atoms with Gasteiger partial charge in [-0.3, -0.25) is 4.79 Å². The van der Waals surface area contributed by atoms with Gasteiger partial charge in [-0.15, -0.1) is 0 Å². The zero-order valence-electron chi connectivity index (χ0n) is 30.0. The highest BCUT2D eigenvalue weighted by Gasteiger charge is 2.69. The van der Waals surface area contributed by atoms with Crippen molar-refractivity contribution in [2.75, 3.05) is 6.61 Å². The summed E-state index contributed by atoms with van der Waals surface area (Å²) >= 11 is 0. The monoisotopic (exact) mass is 658 g/mol. The zero-order valence-corrected chi connectivity index (χ0v) is 30.0. The molecule has 0 radical (unpaired) electrons. The molecule has 4 saturated carbocycles. The predicted molar refractivity (Wildman–Crippen MR) is 188 cm³/mol. The second-order valence-electron chi connectivity index (χ2n) is 18.5. The summed E-state index contributed by atoms with van der Waals surface area (Å²) in [6.07, 6.45) is 13.2. The number of H-pyrrole nitrogens is 1. The second kappa shape index (κ2) is 11.2. The Bertz CT molecular complexity index is 1640. The normalized spacial score (nSPS) is 42.4. The maximum absolute atomic E-state index is 14.7. The number of aliphatic carboxylic acids is 1.